The Hall–Kier alpha value is -1.68. The van der Waals surface area contributed by atoms with Gasteiger partial charge in [-0.05, 0) is 17.9 Å². The van der Waals surface area contributed by atoms with Crippen LogP contribution in [-0.4, -0.2) is 14.8 Å². The summed E-state index contributed by atoms with van der Waals surface area (Å²) < 4.78 is 1.98. The van der Waals surface area contributed by atoms with Crippen molar-refractivity contribution in [2.75, 3.05) is 0 Å². The van der Waals surface area contributed by atoms with Crippen LogP contribution < -0.4 is 5.73 Å². The van der Waals surface area contributed by atoms with E-state index in [2.05, 4.69) is 43.0 Å². The lowest BCUT2D eigenvalue weighted by molar-refractivity contribution is 0.388. The largest absolute Gasteiger partial charge is 0.321 e. The highest BCUT2D eigenvalue weighted by atomic mass is 15.3. The fourth-order valence-electron chi connectivity index (χ4n) is 2.41. The molecule has 1 heterocycles. The molecule has 1 aromatic carbocycles. The van der Waals surface area contributed by atoms with Crippen LogP contribution >= 0.6 is 0 Å². The van der Waals surface area contributed by atoms with Crippen molar-refractivity contribution in [3.63, 3.8) is 0 Å². The minimum absolute atomic E-state index is 0.386. The molecule has 4 heteroatoms. The van der Waals surface area contributed by atoms with Gasteiger partial charge < -0.3 is 5.73 Å². The number of benzene rings is 1. The molecule has 0 aliphatic heterocycles. The van der Waals surface area contributed by atoms with Gasteiger partial charge in [0.25, 0.3) is 0 Å². The third-order valence-electron chi connectivity index (χ3n) is 3.69. The molecule has 2 rings (SSSR count). The summed E-state index contributed by atoms with van der Waals surface area (Å²) in [5.41, 5.74) is 7.40. The van der Waals surface area contributed by atoms with Gasteiger partial charge in [-0.1, -0.05) is 51.1 Å². The van der Waals surface area contributed by atoms with Crippen LogP contribution in [-0.2, 0) is 18.5 Å². The molecule has 0 amide bonds. The maximum absolute atomic E-state index is 6.63. The first-order chi connectivity index (χ1) is 9.55. The van der Waals surface area contributed by atoms with Gasteiger partial charge in [-0.15, -0.1) is 0 Å². The van der Waals surface area contributed by atoms with Gasteiger partial charge in [0.15, 0.2) is 0 Å². The number of nitrogens with zero attached hydrogens (tertiary/aromatic N) is 3. The highest BCUT2D eigenvalue weighted by Gasteiger charge is 2.27. The van der Waals surface area contributed by atoms with E-state index in [4.69, 9.17) is 5.73 Å². The SMILES string of the molecule is CCC(N)(Cc1ncnn1CC(C)C)c1ccccc1. The summed E-state index contributed by atoms with van der Waals surface area (Å²) >= 11 is 0. The van der Waals surface area contributed by atoms with Crippen molar-refractivity contribution in [1.82, 2.24) is 14.8 Å². The normalized spacial score (nSPS) is 14.4. The molecule has 4 nitrogen and oxygen atoms in total. The van der Waals surface area contributed by atoms with E-state index in [0.29, 0.717) is 12.3 Å². The lowest BCUT2D eigenvalue weighted by atomic mass is 9.85. The first kappa shape index (κ1) is 14.7. The second-order valence-electron chi connectivity index (χ2n) is 5.80. The van der Waals surface area contributed by atoms with Crippen molar-refractivity contribution in [3.8, 4) is 0 Å². The summed E-state index contributed by atoms with van der Waals surface area (Å²) in [6.45, 7) is 7.36. The maximum atomic E-state index is 6.63. The van der Waals surface area contributed by atoms with Gasteiger partial charge in [0.05, 0.1) is 0 Å². The van der Waals surface area contributed by atoms with Crippen LogP contribution in [0.1, 0.15) is 38.6 Å². The van der Waals surface area contributed by atoms with E-state index in [1.807, 2.05) is 22.9 Å². The monoisotopic (exact) mass is 272 g/mol. The molecule has 0 saturated carbocycles. The van der Waals surface area contributed by atoms with E-state index in [9.17, 15) is 0 Å². The quantitative estimate of drug-likeness (QED) is 0.879. The Morgan fingerprint density at radius 2 is 1.95 bits per heavy atom. The van der Waals surface area contributed by atoms with Crippen molar-refractivity contribution in [3.05, 3.63) is 48.0 Å². The predicted octanol–water partition coefficient (Wildman–Crippen LogP) is 2.74. The van der Waals surface area contributed by atoms with E-state index >= 15 is 0 Å². The first-order valence-corrected chi connectivity index (χ1v) is 7.26. The van der Waals surface area contributed by atoms with Crippen LogP contribution in [0.15, 0.2) is 36.7 Å². The zero-order valence-corrected chi connectivity index (χ0v) is 12.6. The van der Waals surface area contributed by atoms with Crippen molar-refractivity contribution in [1.29, 1.82) is 0 Å². The molecule has 2 aromatic rings. The maximum Gasteiger partial charge on any atom is 0.138 e. The van der Waals surface area contributed by atoms with Crippen molar-refractivity contribution >= 4 is 0 Å². The van der Waals surface area contributed by atoms with Gasteiger partial charge in [-0.25, -0.2) is 9.67 Å². The Bertz CT molecular complexity index is 532. The van der Waals surface area contributed by atoms with Gasteiger partial charge >= 0.3 is 0 Å². The van der Waals surface area contributed by atoms with E-state index in [-0.39, 0.29) is 5.54 Å². The molecule has 108 valence electrons. The van der Waals surface area contributed by atoms with Gasteiger partial charge in [0.1, 0.15) is 12.2 Å². The Labute approximate surface area is 121 Å². The summed E-state index contributed by atoms with van der Waals surface area (Å²) in [6, 6.07) is 10.3. The average molecular weight is 272 g/mol. The standard InChI is InChI=1S/C16H24N4/c1-4-16(17,14-8-6-5-7-9-14)10-15-18-12-19-20(15)11-13(2)3/h5-9,12-13H,4,10-11,17H2,1-3H3. The summed E-state index contributed by atoms with van der Waals surface area (Å²) in [4.78, 5) is 4.40. The third kappa shape index (κ3) is 3.25. The second-order valence-corrected chi connectivity index (χ2v) is 5.80. The van der Waals surface area contributed by atoms with Crippen LogP contribution in [0.5, 0.6) is 0 Å². The molecule has 1 unspecified atom stereocenters. The van der Waals surface area contributed by atoms with Gasteiger partial charge in [0.2, 0.25) is 0 Å². The van der Waals surface area contributed by atoms with Crippen LogP contribution in [0.4, 0.5) is 0 Å². The lowest BCUT2D eigenvalue weighted by Crippen LogP contribution is -2.39. The summed E-state index contributed by atoms with van der Waals surface area (Å²) in [5, 5.41) is 4.32. The summed E-state index contributed by atoms with van der Waals surface area (Å²) in [7, 11) is 0. The smallest absolute Gasteiger partial charge is 0.138 e. The van der Waals surface area contributed by atoms with Crippen molar-refractivity contribution in [2.45, 2.75) is 45.7 Å². The molecular formula is C16H24N4. The van der Waals surface area contributed by atoms with E-state index in [0.717, 1.165) is 24.4 Å². The zero-order chi connectivity index (χ0) is 14.6. The van der Waals surface area contributed by atoms with Crippen LogP contribution in [0, 0.1) is 5.92 Å². The number of rotatable bonds is 6. The topological polar surface area (TPSA) is 56.7 Å². The third-order valence-corrected chi connectivity index (χ3v) is 3.69. The molecule has 2 N–H and O–H groups in total. The summed E-state index contributed by atoms with van der Waals surface area (Å²) in [6.07, 6.45) is 3.20. The second kappa shape index (κ2) is 6.18. The predicted molar refractivity (Wildman–Crippen MR) is 81.2 cm³/mol. The Morgan fingerprint density at radius 1 is 1.25 bits per heavy atom. The fourth-order valence-corrected chi connectivity index (χ4v) is 2.41. The lowest BCUT2D eigenvalue weighted by Gasteiger charge is -2.28. The van der Waals surface area contributed by atoms with Crippen LogP contribution in [0.2, 0.25) is 0 Å². The summed E-state index contributed by atoms with van der Waals surface area (Å²) in [5.74, 6) is 1.51. The molecular weight excluding hydrogens is 248 g/mol. The highest BCUT2D eigenvalue weighted by molar-refractivity contribution is 5.25. The average Bonchev–Trinajstić information content (AvgIpc) is 2.86. The van der Waals surface area contributed by atoms with Crippen LogP contribution in [0.3, 0.4) is 0 Å². The molecule has 20 heavy (non-hydrogen) atoms. The van der Waals surface area contributed by atoms with Crippen LogP contribution in [0.25, 0.3) is 0 Å². The minimum Gasteiger partial charge on any atom is -0.321 e. The molecule has 0 saturated heterocycles. The molecule has 0 aliphatic carbocycles. The van der Waals surface area contributed by atoms with E-state index in [1.54, 1.807) is 6.33 Å². The number of hydrogen-bond donors (Lipinski definition) is 1. The number of nitrogens with two attached hydrogens (primary N) is 1. The number of hydrogen-bond acceptors (Lipinski definition) is 3. The van der Waals surface area contributed by atoms with Gasteiger partial charge in [-0.2, -0.15) is 5.10 Å². The Balaban J connectivity index is 2.25. The molecule has 0 bridgehead atoms. The molecule has 0 fully saturated rings. The molecule has 1 atom stereocenters. The van der Waals surface area contributed by atoms with E-state index < -0.39 is 0 Å². The Kier molecular flexibility index (Phi) is 4.55. The van der Waals surface area contributed by atoms with Crippen molar-refractivity contribution in [2.24, 2.45) is 11.7 Å². The minimum atomic E-state index is -0.386. The molecule has 1 aromatic heterocycles. The Morgan fingerprint density at radius 3 is 2.55 bits per heavy atom. The molecule has 0 spiro atoms. The van der Waals surface area contributed by atoms with Gasteiger partial charge in [-0.3, -0.25) is 0 Å². The van der Waals surface area contributed by atoms with E-state index in [1.165, 1.54) is 0 Å². The number of aromatic nitrogens is 3. The first-order valence-electron chi connectivity index (χ1n) is 7.26. The highest BCUT2D eigenvalue weighted by Crippen LogP contribution is 2.25. The van der Waals surface area contributed by atoms with Gasteiger partial charge in [0, 0.05) is 18.5 Å². The zero-order valence-electron chi connectivity index (χ0n) is 12.6. The molecule has 0 aliphatic rings. The van der Waals surface area contributed by atoms with Crippen molar-refractivity contribution < 1.29 is 0 Å². The molecule has 0 radical (unpaired) electrons. The fraction of sp³-hybridized carbons (Fsp3) is 0.500.